The number of aryl methyl sites for hydroxylation is 1. The molecule has 22 heavy (non-hydrogen) atoms. The summed E-state index contributed by atoms with van der Waals surface area (Å²) < 4.78 is 1.48. The fourth-order valence-corrected chi connectivity index (χ4v) is 2.54. The molecule has 0 aliphatic heterocycles. The lowest BCUT2D eigenvalue weighted by atomic mass is 10.1. The number of hydrogen-bond acceptors (Lipinski definition) is 3. The van der Waals surface area contributed by atoms with Gasteiger partial charge in [0, 0.05) is 12.7 Å². The molecule has 0 spiro atoms. The van der Waals surface area contributed by atoms with E-state index in [0.29, 0.717) is 12.8 Å². The summed E-state index contributed by atoms with van der Waals surface area (Å²) in [6.07, 6.45) is 2.86. The molecule has 122 valence electrons. The summed E-state index contributed by atoms with van der Waals surface area (Å²) in [6.45, 7) is 5.80. The highest BCUT2D eigenvalue weighted by atomic mass is 16.2. The van der Waals surface area contributed by atoms with Gasteiger partial charge in [-0.2, -0.15) is 0 Å². The third-order valence-electron chi connectivity index (χ3n) is 3.83. The number of carbonyl (C=O) groups is 2. The lowest BCUT2D eigenvalue weighted by Crippen LogP contribution is -2.46. The molecule has 1 aromatic heterocycles. The van der Waals surface area contributed by atoms with Gasteiger partial charge in [-0.3, -0.25) is 14.4 Å². The van der Waals surface area contributed by atoms with E-state index in [0.717, 1.165) is 24.1 Å². The molecular formula is C16H25N3O3. The van der Waals surface area contributed by atoms with E-state index in [4.69, 9.17) is 5.73 Å². The Balaban J connectivity index is 3.08. The predicted octanol–water partition coefficient (Wildman–Crippen LogP) is 1.03. The van der Waals surface area contributed by atoms with Crippen LogP contribution in [-0.2, 0) is 18.3 Å². The van der Waals surface area contributed by atoms with Gasteiger partial charge in [-0.25, -0.2) is 0 Å². The second kappa shape index (κ2) is 7.77. The molecule has 0 aromatic carbocycles. The first kappa shape index (κ1) is 17.9. The van der Waals surface area contributed by atoms with Crippen LogP contribution in [0.1, 0.15) is 54.7 Å². The lowest BCUT2D eigenvalue weighted by Gasteiger charge is -2.16. The number of nitrogens with two attached hydrogens (primary N) is 1. The first-order valence-electron chi connectivity index (χ1n) is 7.63. The molecule has 1 rings (SSSR count). The standard InChI is InChI=1S/C16H25N3O3/c1-5-7-8-12(14(17)20)18-15(21)11-9-10(3)13(6-2)19(4)16(11)22/h9,12H,5-8H2,1-4H3,(H2,17,20)(H,18,21)/t12-/m0/s1. The highest BCUT2D eigenvalue weighted by Crippen LogP contribution is 2.08. The van der Waals surface area contributed by atoms with Gasteiger partial charge in [-0.05, 0) is 31.4 Å². The van der Waals surface area contributed by atoms with Crippen LogP contribution in [0, 0.1) is 6.92 Å². The van der Waals surface area contributed by atoms with Crippen molar-refractivity contribution in [2.45, 2.75) is 52.5 Å². The zero-order valence-electron chi connectivity index (χ0n) is 13.7. The topological polar surface area (TPSA) is 94.2 Å². The highest BCUT2D eigenvalue weighted by molar-refractivity contribution is 5.97. The van der Waals surface area contributed by atoms with Crippen LogP contribution in [0.15, 0.2) is 10.9 Å². The van der Waals surface area contributed by atoms with Crippen molar-refractivity contribution in [1.82, 2.24) is 9.88 Å². The summed E-state index contributed by atoms with van der Waals surface area (Å²) in [6, 6.07) is 0.831. The molecule has 6 nitrogen and oxygen atoms in total. The van der Waals surface area contributed by atoms with Crippen molar-refractivity contribution < 1.29 is 9.59 Å². The maximum absolute atomic E-state index is 12.3. The van der Waals surface area contributed by atoms with Crippen LogP contribution < -0.4 is 16.6 Å². The average molecular weight is 307 g/mol. The Bertz CT molecular complexity index is 620. The summed E-state index contributed by atoms with van der Waals surface area (Å²) in [4.78, 5) is 36.0. The molecule has 6 heteroatoms. The number of aromatic nitrogens is 1. The molecule has 3 N–H and O–H groups in total. The first-order valence-corrected chi connectivity index (χ1v) is 7.63. The number of pyridine rings is 1. The predicted molar refractivity (Wildman–Crippen MR) is 85.8 cm³/mol. The summed E-state index contributed by atoms with van der Waals surface area (Å²) in [5.74, 6) is -1.13. The summed E-state index contributed by atoms with van der Waals surface area (Å²) in [5, 5.41) is 2.57. The molecule has 0 saturated heterocycles. The van der Waals surface area contributed by atoms with Gasteiger partial charge in [0.1, 0.15) is 11.6 Å². The zero-order chi connectivity index (χ0) is 16.9. The fraction of sp³-hybridized carbons (Fsp3) is 0.562. The molecule has 0 bridgehead atoms. The van der Waals surface area contributed by atoms with Crippen LogP contribution in [0.2, 0.25) is 0 Å². The number of primary amides is 1. The van der Waals surface area contributed by atoms with Gasteiger partial charge in [0.05, 0.1) is 0 Å². The number of nitrogens with one attached hydrogen (secondary N) is 1. The van der Waals surface area contributed by atoms with Gasteiger partial charge in [-0.1, -0.05) is 26.7 Å². The van der Waals surface area contributed by atoms with E-state index in [1.54, 1.807) is 13.1 Å². The van der Waals surface area contributed by atoms with E-state index in [1.807, 2.05) is 20.8 Å². The van der Waals surface area contributed by atoms with Crippen LogP contribution in [0.4, 0.5) is 0 Å². The molecule has 0 aliphatic carbocycles. The van der Waals surface area contributed by atoms with Crippen LogP contribution in [0.5, 0.6) is 0 Å². The summed E-state index contributed by atoms with van der Waals surface area (Å²) in [5.41, 5.74) is 6.75. The van der Waals surface area contributed by atoms with Crippen LogP contribution in [0.3, 0.4) is 0 Å². The number of rotatable bonds is 7. The molecular weight excluding hydrogens is 282 g/mol. The van der Waals surface area contributed by atoms with E-state index in [1.165, 1.54) is 4.57 Å². The van der Waals surface area contributed by atoms with Gasteiger partial charge in [0.15, 0.2) is 0 Å². The van der Waals surface area contributed by atoms with Gasteiger partial charge in [0.25, 0.3) is 11.5 Å². The van der Waals surface area contributed by atoms with Gasteiger partial charge in [-0.15, -0.1) is 0 Å². The molecule has 1 heterocycles. The van der Waals surface area contributed by atoms with Crippen molar-refractivity contribution in [2.24, 2.45) is 12.8 Å². The van der Waals surface area contributed by atoms with Crippen LogP contribution in [0.25, 0.3) is 0 Å². The smallest absolute Gasteiger partial charge is 0.263 e. The molecule has 0 radical (unpaired) electrons. The monoisotopic (exact) mass is 307 g/mol. The fourth-order valence-electron chi connectivity index (χ4n) is 2.54. The normalized spacial score (nSPS) is 12.0. The Labute approximate surface area is 130 Å². The Morgan fingerprint density at radius 1 is 1.36 bits per heavy atom. The first-order chi connectivity index (χ1) is 10.3. The highest BCUT2D eigenvalue weighted by Gasteiger charge is 2.21. The second-order valence-corrected chi connectivity index (χ2v) is 5.48. The van der Waals surface area contributed by atoms with E-state index in [-0.39, 0.29) is 11.1 Å². The molecule has 2 amide bonds. The largest absolute Gasteiger partial charge is 0.368 e. The minimum atomic E-state index is -0.747. The van der Waals surface area contributed by atoms with E-state index in [2.05, 4.69) is 5.32 Å². The Kier molecular flexibility index (Phi) is 6.34. The lowest BCUT2D eigenvalue weighted by molar-refractivity contribution is -0.120. The minimum Gasteiger partial charge on any atom is -0.368 e. The molecule has 0 unspecified atom stereocenters. The zero-order valence-corrected chi connectivity index (χ0v) is 13.7. The van der Waals surface area contributed by atoms with Gasteiger partial charge in [0.2, 0.25) is 5.91 Å². The number of carbonyl (C=O) groups excluding carboxylic acids is 2. The van der Waals surface area contributed by atoms with Crippen molar-refractivity contribution in [3.05, 3.63) is 33.2 Å². The van der Waals surface area contributed by atoms with Crippen LogP contribution >= 0.6 is 0 Å². The number of unbranched alkanes of at least 4 members (excludes halogenated alkanes) is 1. The number of nitrogens with zero attached hydrogens (tertiary/aromatic N) is 1. The maximum atomic E-state index is 12.3. The number of amides is 2. The third kappa shape index (κ3) is 3.96. The average Bonchev–Trinajstić information content (AvgIpc) is 2.47. The quantitative estimate of drug-likeness (QED) is 0.787. The van der Waals surface area contributed by atoms with Crippen molar-refractivity contribution in [1.29, 1.82) is 0 Å². The van der Waals surface area contributed by atoms with Crippen molar-refractivity contribution >= 4 is 11.8 Å². The van der Waals surface area contributed by atoms with Crippen molar-refractivity contribution in [2.75, 3.05) is 0 Å². The molecule has 0 aliphatic rings. The molecule has 1 atom stereocenters. The van der Waals surface area contributed by atoms with Gasteiger partial charge >= 0.3 is 0 Å². The summed E-state index contributed by atoms with van der Waals surface area (Å²) >= 11 is 0. The molecule has 0 fully saturated rings. The second-order valence-electron chi connectivity index (χ2n) is 5.48. The van der Waals surface area contributed by atoms with Crippen molar-refractivity contribution in [3.8, 4) is 0 Å². The minimum absolute atomic E-state index is 0.0416. The van der Waals surface area contributed by atoms with E-state index in [9.17, 15) is 14.4 Å². The molecule has 1 aromatic rings. The Morgan fingerprint density at radius 3 is 2.50 bits per heavy atom. The third-order valence-corrected chi connectivity index (χ3v) is 3.83. The summed E-state index contributed by atoms with van der Waals surface area (Å²) in [7, 11) is 1.65. The SMILES string of the molecule is CCCC[C@H](NC(=O)c1cc(C)c(CC)n(C)c1=O)C(N)=O. The van der Waals surface area contributed by atoms with Gasteiger partial charge < -0.3 is 15.6 Å². The Hall–Kier alpha value is -2.11. The van der Waals surface area contributed by atoms with E-state index >= 15 is 0 Å². The van der Waals surface area contributed by atoms with Crippen molar-refractivity contribution in [3.63, 3.8) is 0 Å². The van der Waals surface area contributed by atoms with Crippen LogP contribution in [-0.4, -0.2) is 22.4 Å². The van der Waals surface area contributed by atoms with E-state index < -0.39 is 17.9 Å². The number of hydrogen-bond donors (Lipinski definition) is 2. The Morgan fingerprint density at radius 2 is 2.00 bits per heavy atom. The molecule has 0 saturated carbocycles. The maximum Gasteiger partial charge on any atom is 0.263 e.